The monoisotopic (exact) mass is 809 g/mol. The van der Waals surface area contributed by atoms with Crippen LogP contribution < -0.4 is 16.0 Å². The van der Waals surface area contributed by atoms with Crippen molar-refractivity contribution < 1.29 is 43.5 Å². The zero-order valence-electron chi connectivity index (χ0n) is 34.2. The van der Waals surface area contributed by atoms with Crippen molar-refractivity contribution in [3.63, 3.8) is 0 Å². The molecule has 11 unspecified atom stereocenters. The number of aromatic nitrogens is 1. The molecule has 4 amide bonds. The van der Waals surface area contributed by atoms with E-state index in [-0.39, 0.29) is 68.5 Å². The normalized spacial score (nSPS) is 33.9. The molecule has 57 heavy (non-hydrogen) atoms. The van der Waals surface area contributed by atoms with Gasteiger partial charge in [-0.15, -0.1) is 11.3 Å². The van der Waals surface area contributed by atoms with Gasteiger partial charge < -0.3 is 35.4 Å². The second-order valence-electron chi connectivity index (χ2n) is 18.2. The highest BCUT2D eigenvalue weighted by molar-refractivity contribution is 7.13. The number of likely N-dealkylation sites (tertiary alicyclic amines) is 1. The molecule has 14 nitrogen and oxygen atoms in total. The summed E-state index contributed by atoms with van der Waals surface area (Å²) in [5.41, 5.74) is 3.30. The topological polar surface area (TPSA) is 178 Å². The molecular formula is C42H59N5O9S. The summed E-state index contributed by atoms with van der Waals surface area (Å²) in [5.74, 6) is -1.59. The molecule has 2 aromatic rings. The highest BCUT2D eigenvalue weighted by Crippen LogP contribution is 2.60. The van der Waals surface area contributed by atoms with E-state index < -0.39 is 59.2 Å². The zero-order chi connectivity index (χ0) is 40.9. The fourth-order valence-corrected chi connectivity index (χ4v) is 10.6. The zero-order valence-corrected chi connectivity index (χ0v) is 35.0. The second-order valence-corrected chi connectivity index (χ2v) is 19.0. The van der Waals surface area contributed by atoms with Gasteiger partial charge in [0.15, 0.2) is 11.9 Å². The Bertz CT molecular complexity index is 1820. The Kier molecular flexibility index (Phi) is 11.9. The Morgan fingerprint density at radius 3 is 2.49 bits per heavy atom. The van der Waals surface area contributed by atoms with Crippen molar-refractivity contribution in [2.45, 2.75) is 142 Å². The molecule has 6 fully saturated rings. The van der Waals surface area contributed by atoms with E-state index in [4.69, 9.17) is 19.2 Å². The quantitative estimate of drug-likeness (QED) is 0.239. The van der Waals surface area contributed by atoms with Crippen molar-refractivity contribution in [1.82, 2.24) is 25.8 Å². The number of thiazole rings is 1. The summed E-state index contributed by atoms with van der Waals surface area (Å²) >= 11 is 1.57. The van der Waals surface area contributed by atoms with Crippen LogP contribution in [0.3, 0.4) is 0 Å². The average Bonchev–Trinajstić information content (AvgIpc) is 3.70. The molecule has 312 valence electrons. The van der Waals surface area contributed by atoms with E-state index in [1.807, 2.05) is 64.4 Å². The number of aryl methyl sites for hydroxylation is 1. The molecule has 0 radical (unpaired) electrons. The van der Waals surface area contributed by atoms with E-state index in [1.54, 1.807) is 11.3 Å². The van der Waals surface area contributed by atoms with Gasteiger partial charge in [0.2, 0.25) is 29.4 Å². The molecule has 1 aliphatic carbocycles. The number of benzene rings is 1. The Morgan fingerprint density at radius 2 is 1.79 bits per heavy atom. The molecule has 2 bridgehead atoms. The number of hydrogen-bond donors (Lipinski definition) is 4. The van der Waals surface area contributed by atoms with Crippen LogP contribution in [0.4, 0.5) is 0 Å². The van der Waals surface area contributed by atoms with Gasteiger partial charge >= 0.3 is 0 Å². The lowest BCUT2D eigenvalue weighted by molar-refractivity contribution is -0.570. The standard InChI is InChI=1S/C42H59N5O9S/c1-23-8-13-30-24(2)32(53-39-42(30)29(23)14-16-41(7,54-39)55-56-42)19-34(50)43-17-15-33(49)46-36(40(4,5)6)38(52)47-21-28(48)18-31(47)37(51)44-20-26-9-11-27(12-10-26)35-25(3)45-22-57-35/h9-12,22-24,28-32,36,39,48H,8,13-21H2,1-7H3,(H,43,50)(H,44,51)(H,46,49). The van der Waals surface area contributed by atoms with Crippen LogP contribution >= 0.6 is 11.3 Å². The molecule has 15 heteroatoms. The summed E-state index contributed by atoms with van der Waals surface area (Å²) in [5, 5.41) is 19.3. The van der Waals surface area contributed by atoms with Crippen LogP contribution in [0.5, 0.6) is 0 Å². The first kappa shape index (κ1) is 41.7. The third-order valence-electron chi connectivity index (χ3n) is 13.1. The molecule has 4 N–H and O–H groups in total. The van der Waals surface area contributed by atoms with E-state index in [2.05, 4.69) is 34.8 Å². The van der Waals surface area contributed by atoms with Crippen LogP contribution in [0.25, 0.3) is 10.4 Å². The molecule has 1 aromatic carbocycles. The maximum Gasteiger partial charge on any atom is 0.246 e. The Labute approximate surface area is 339 Å². The minimum Gasteiger partial charge on any atom is -0.391 e. The SMILES string of the molecule is Cc1ncsc1-c1ccc(CNC(=O)C2CC(O)CN2C(=O)C(NC(=O)CCNC(=O)CC2OC3OC4(C)CCC5C(C)CCC(C2C)C35OO4)C(C)(C)C)cc1. The van der Waals surface area contributed by atoms with Crippen LogP contribution in [0, 0.1) is 36.0 Å². The predicted octanol–water partition coefficient (Wildman–Crippen LogP) is 4.37. The van der Waals surface area contributed by atoms with Gasteiger partial charge in [-0.05, 0) is 67.4 Å². The molecule has 6 aliphatic rings. The van der Waals surface area contributed by atoms with Gasteiger partial charge in [0.25, 0.3) is 0 Å². The third-order valence-corrected chi connectivity index (χ3v) is 14.0. The summed E-state index contributed by atoms with van der Waals surface area (Å²) < 4.78 is 13.0. The number of amides is 4. The fraction of sp³-hybridized carbons (Fsp3) is 0.690. The van der Waals surface area contributed by atoms with Crippen molar-refractivity contribution in [3.8, 4) is 10.4 Å². The number of carbonyl (C=O) groups excluding carboxylic acids is 4. The van der Waals surface area contributed by atoms with Gasteiger partial charge in [-0.3, -0.25) is 19.2 Å². The molecule has 1 spiro atoms. The van der Waals surface area contributed by atoms with Crippen LogP contribution in [0.1, 0.15) is 97.7 Å². The number of carbonyl (C=O) groups is 4. The first-order valence-electron chi connectivity index (χ1n) is 20.5. The summed E-state index contributed by atoms with van der Waals surface area (Å²) in [6.45, 7) is 14.0. The first-order valence-corrected chi connectivity index (χ1v) is 21.4. The maximum absolute atomic E-state index is 14.1. The van der Waals surface area contributed by atoms with Crippen LogP contribution in [-0.4, -0.2) is 93.7 Å². The number of nitrogens with one attached hydrogen (secondary N) is 3. The number of fused-ring (bicyclic) bond motifs is 2. The molecule has 8 rings (SSSR count). The van der Waals surface area contributed by atoms with Gasteiger partial charge in [-0.25, -0.2) is 14.8 Å². The van der Waals surface area contributed by atoms with Crippen LogP contribution in [-0.2, 0) is 45.0 Å². The molecule has 11 atom stereocenters. The summed E-state index contributed by atoms with van der Waals surface area (Å²) in [4.78, 5) is 73.0. The Balaban J connectivity index is 0.910. The molecule has 5 aliphatic heterocycles. The van der Waals surface area contributed by atoms with Crippen molar-refractivity contribution in [1.29, 1.82) is 0 Å². The first-order chi connectivity index (χ1) is 27.0. The lowest BCUT2D eigenvalue weighted by atomic mass is 9.57. The van der Waals surface area contributed by atoms with Gasteiger partial charge in [0, 0.05) is 44.8 Å². The lowest BCUT2D eigenvalue weighted by Crippen LogP contribution is -2.70. The number of rotatable bonds is 11. The van der Waals surface area contributed by atoms with E-state index >= 15 is 0 Å². The van der Waals surface area contributed by atoms with Crippen molar-refractivity contribution in [2.24, 2.45) is 29.1 Å². The lowest BCUT2D eigenvalue weighted by Gasteiger charge is -2.60. The number of aliphatic hydroxyl groups is 1. The molecule has 1 aromatic heterocycles. The molecular weight excluding hydrogens is 751 g/mol. The van der Waals surface area contributed by atoms with Gasteiger partial charge in [-0.1, -0.05) is 58.9 Å². The summed E-state index contributed by atoms with van der Waals surface area (Å²) in [7, 11) is 0. The van der Waals surface area contributed by atoms with Crippen LogP contribution in [0.2, 0.25) is 0 Å². The van der Waals surface area contributed by atoms with E-state index in [9.17, 15) is 24.3 Å². The largest absolute Gasteiger partial charge is 0.391 e. The highest BCUT2D eigenvalue weighted by atomic mass is 32.1. The Morgan fingerprint density at radius 1 is 1.04 bits per heavy atom. The van der Waals surface area contributed by atoms with Gasteiger partial charge in [0.1, 0.15) is 12.1 Å². The number of nitrogens with zero attached hydrogens (tertiary/aromatic N) is 2. The van der Waals surface area contributed by atoms with E-state index in [1.165, 1.54) is 4.90 Å². The third kappa shape index (κ3) is 8.38. The number of ether oxygens (including phenoxy) is 2. The van der Waals surface area contributed by atoms with Crippen molar-refractivity contribution in [2.75, 3.05) is 13.1 Å². The Hall–Kier alpha value is -3.47. The minimum atomic E-state index is -0.974. The van der Waals surface area contributed by atoms with Crippen LogP contribution in [0.15, 0.2) is 29.8 Å². The fourth-order valence-electron chi connectivity index (χ4n) is 9.80. The van der Waals surface area contributed by atoms with Crippen molar-refractivity contribution in [3.05, 3.63) is 41.0 Å². The molecule has 5 saturated heterocycles. The predicted molar refractivity (Wildman–Crippen MR) is 211 cm³/mol. The van der Waals surface area contributed by atoms with Gasteiger partial charge in [0.05, 0.1) is 34.7 Å². The highest BCUT2D eigenvalue weighted by Gasteiger charge is 2.69. The minimum absolute atomic E-state index is 0.0129. The smallest absolute Gasteiger partial charge is 0.246 e. The number of aliphatic hydroxyl groups excluding tert-OH is 1. The number of β-amino-alcohol motifs (C(OH)–C–C–N with tert-alkyl or cyclic N) is 1. The molecule has 1 saturated carbocycles. The average molecular weight is 810 g/mol. The summed E-state index contributed by atoms with van der Waals surface area (Å²) in [6.07, 6.45) is 1.86. The van der Waals surface area contributed by atoms with E-state index in [0.717, 1.165) is 41.0 Å². The van der Waals surface area contributed by atoms with Gasteiger partial charge in [-0.2, -0.15) is 0 Å². The number of hydrogen-bond acceptors (Lipinski definition) is 11. The maximum atomic E-state index is 14.1. The summed E-state index contributed by atoms with van der Waals surface area (Å²) in [6, 6.07) is 6.00. The second kappa shape index (κ2) is 16.3. The molecule has 6 heterocycles. The van der Waals surface area contributed by atoms with Crippen molar-refractivity contribution >= 4 is 35.0 Å². The van der Waals surface area contributed by atoms with E-state index in [0.29, 0.717) is 12.3 Å².